The molecule has 3 atom stereocenters. The summed E-state index contributed by atoms with van der Waals surface area (Å²) >= 11 is 0. The van der Waals surface area contributed by atoms with Gasteiger partial charge in [-0.05, 0) is 60.3 Å². The highest BCUT2D eigenvalue weighted by molar-refractivity contribution is 5.81. The van der Waals surface area contributed by atoms with Crippen LogP contribution in [0.5, 0.6) is 0 Å². The van der Waals surface area contributed by atoms with Gasteiger partial charge < -0.3 is 33.9 Å². The smallest absolute Gasteiger partial charge is 0.311 e. The molecular weight excluding hydrogens is 512 g/mol. The number of allylic oxidation sites excluding steroid dienone is 1. The molecule has 0 aliphatic heterocycles. The number of methoxy groups -OCH3 is 1. The van der Waals surface area contributed by atoms with Gasteiger partial charge in [-0.15, -0.1) is 0 Å². The van der Waals surface area contributed by atoms with Crippen molar-refractivity contribution >= 4 is 23.9 Å². The van der Waals surface area contributed by atoms with Gasteiger partial charge >= 0.3 is 23.9 Å². The van der Waals surface area contributed by atoms with Gasteiger partial charge in [0.05, 0.1) is 68.9 Å². The predicted molar refractivity (Wildman–Crippen MR) is 143 cm³/mol. The molecule has 0 amide bonds. The molecule has 0 aliphatic rings. The minimum atomic E-state index is -1.53. The summed E-state index contributed by atoms with van der Waals surface area (Å²) in [6, 6.07) is 0. The second-order valence-corrected chi connectivity index (χ2v) is 10.8. The second-order valence-electron chi connectivity index (χ2n) is 10.8. The minimum absolute atomic E-state index is 0.0171. The Kier molecular flexibility index (Phi) is 16.8. The third-order valence-corrected chi connectivity index (χ3v) is 6.78. The average Bonchev–Trinajstić information content (AvgIpc) is 2.87. The number of ether oxygens (including phenoxy) is 5. The molecule has 2 N–H and O–H groups in total. The van der Waals surface area contributed by atoms with Crippen molar-refractivity contribution in [1.29, 1.82) is 0 Å². The summed E-state index contributed by atoms with van der Waals surface area (Å²) in [5, 5.41) is 19.7. The van der Waals surface area contributed by atoms with Crippen LogP contribution in [0.2, 0.25) is 0 Å². The van der Waals surface area contributed by atoms with Crippen molar-refractivity contribution in [2.24, 2.45) is 22.2 Å². The van der Waals surface area contributed by atoms with Gasteiger partial charge in [-0.25, -0.2) is 0 Å². The molecule has 0 fully saturated rings. The molecule has 0 rings (SSSR count). The number of rotatable bonds is 22. The van der Waals surface area contributed by atoms with Gasteiger partial charge in [0.25, 0.3) is 0 Å². The van der Waals surface area contributed by atoms with Crippen molar-refractivity contribution in [3.8, 4) is 0 Å². The second kappa shape index (κ2) is 18.0. The monoisotopic (exact) mass is 560 g/mol. The summed E-state index contributed by atoms with van der Waals surface area (Å²) in [5.74, 6) is -4.57. The fraction of sp³-hybridized carbons (Fsp3) is 0.786. The van der Waals surface area contributed by atoms with Crippen molar-refractivity contribution < 1.29 is 53.1 Å². The third-order valence-electron chi connectivity index (χ3n) is 6.78. The van der Waals surface area contributed by atoms with Crippen molar-refractivity contribution in [3.05, 3.63) is 12.2 Å². The van der Waals surface area contributed by atoms with Gasteiger partial charge in [0, 0.05) is 0 Å². The lowest BCUT2D eigenvalue weighted by Crippen LogP contribution is -2.42. The molecule has 11 nitrogen and oxygen atoms in total. The van der Waals surface area contributed by atoms with E-state index in [4.69, 9.17) is 23.7 Å². The number of carbonyl (C=O) groups is 4. The maximum atomic E-state index is 12.8. The number of esters is 2. The maximum absolute atomic E-state index is 12.8. The molecule has 0 radical (unpaired) electrons. The molecule has 226 valence electrons. The number of carboxylic acid groups (broad SMARTS) is 2. The first-order valence-electron chi connectivity index (χ1n) is 13.2. The lowest BCUT2D eigenvalue weighted by Gasteiger charge is -2.36. The molecule has 0 aromatic rings. The lowest BCUT2D eigenvalue weighted by molar-refractivity contribution is -0.163. The van der Waals surface area contributed by atoms with Crippen LogP contribution in [0, 0.1) is 22.2 Å². The zero-order chi connectivity index (χ0) is 30.1. The molecule has 0 aromatic carbocycles. The van der Waals surface area contributed by atoms with Crippen LogP contribution in [-0.2, 0) is 42.9 Å². The SMILES string of the molecule is C/C=C\COCCOCCOCCOC(=O)C(C)(C)CC(C)(CC(CC(C)(CC)C(=O)O)C(=O)OC)C(=O)O. The Morgan fingerprint density at radius 3 is 1.74 bits per heavy atom. The molecule has 0 saturated carbocycles. The number of carbonyl (C=O) groups excluding carboxylic acids is 2. The summed E-state index contributed by atoms with van der Waals surface area (Å²) < 4.78 is 26.3. The van der Waals surface area contributed by atoms with E-state index in [2.05, 4.69) is 0 Å². The predicted octanol–water partition coefficient (Wildman–Crippen LogP) is 3.73. The molecule has 39 heavy (non-hydrogen) atoms. The van der Waals surface area contributed by atoms with E-state index >= 15 is 0 Å². The van der Waals surface area contributed by atoms with Crippen LogP contribution >= 0.6 is 0 Å². The number of hydrogen-bond donors (Lipinski definition) is 2. The normalized spacial score (nSPS) is 15.8. The molecule has 0 saturated heterocycles. The molecule has 0 bridgehead atoms. The van der Waals surface area contributed by atoms with Crippen LogP contribution < -0.4 is 0 Å². The van der Waals surface area contributed by atoms with Crippen molar-refractivity contribution in [2.75, 3.05) is 53.4 Å². The summed E-state index contributed by atoms with van der Waals surface area (Å²) in [4.78, 5) is 49.5. The van der Waals surface area contributed by atoms with Gasteiger partial charge in [0.15, 0.2) is 0 Å². The summed E-state index contributed by atoms with van der Waals surface area (Å²) in [5.41, 5.74) is -3.97. The molecule has 0 aliphatic carbocycles. The van der Waals surface area contributed by atoms with E-state index in [0.29, 0.717) is 33.0 Å². The third kappa shape index (κ3) is 13.4. The minimum Gasteiger partial charge on any atom is -0.481 e. The molecule has 0 aromatic heterocycles. The molecule has 3 unspecified atom stereocenters. The first-order valence-corrected chi connectivity index (χ1v) is 13.2. The first-order chi connectivity index (χ1) is 18.2. The van der Waals surface area contributed by atoms with Crippen molar-refractivity contribution in [3.63, 3.8) is 0 Å². The Bertz CT molecular complexity index is 807. The van der Waals surface area contributed by atoms with Crippen LogP contribution in [0.3, 0.4) is 0 Å². The largest absolute Gasteiger partial charge is 0.481 e. The van der Waals surface area contributed by atoms with E-state index in [1.807, 2.05) is 19.1 Å². The Morgan fingerprint density at radius 1 is 0.795 bits per heavy atom. The maximum Gasteiger partial charge on any atom is 0.311 e. The first kappa shape index (κ1) is 36.5. The van der Waals surface area contributed by atoms with E-state index in [1.165, 1.54) is 21.0 Å². The Balaban J connectivity index is 4.94. The molecule has 11 heteroatoms. The summed E-state index contributed by atoms with van der Waals surface area (Å²) in [6.07, 6.45) is 3.62. The average molecular weight is 561 g/mol. The zero-order valence-corrected chi connectivity index (χ0v) is 24.6. The quantitative estimate of drug-likeness (QED) is 0.113. The highest BCUT2D eigenvalue weighted by atomic mass is 16.6. The van der Waals surface area contributed by atoms with Gasteiger partial charge in [-0.2, -0.15) is 0 Å². The summed E-state index contributed by atoms with van der Waals surface area (Å²) in [6.45, 7) is 12.0. The standard InChI is InChI=1S/C28H48O11/c1-8-10-11-36-12-13-37-14-15-38-16-17-39-25(34)26(3,4)20-28(6,24(32)33)19-21(22(29)35-7)18-27(5,9-2)23(30)31/h8,10,21H,9,11-20H2,1-7H3,(H,30,31)(H,32,33)/b10-8-. The highest BCUT2D eigenvalue weighted by Crippen LogP contribution is 2.43. The van der Waals surface area contributed by atoms with Crippen molar-refractivity contribution in [1.82, 2.24) is 0 Å². The topological polar surface area (TPSA) is 155 Å². The Hall–Kier alpha value is -2.50. The Labute approximate surface area is 232 Å². The van der Waals surface area contributed by atoms with Crippen LogP contribution in [-0.4, -0.2) is 87.4 Å². The Morgan fingerprint density at radius 2 is 1.28 bits per heavy atom. The van der Waals surface area contributed by atoms with Gasteiger partial charge in [-0.3, -0.25) is 19.2 Å². The fourth-order valence-corrected chi connectivity index (χ4v) is 4.23. The van der Waals surface area contributed by atoms with Crippen LogP contribution in [0.1, 0.15) is 67.2 Å². The number of carboxylic acids is 2. The van der Waals surface area contributed by atoms with E-state index in [0.717, 1.165) is 0 Å². The van der Waals surface area contributed by atoms with Crippen LogP contribution in [0.15, 0.2) is 12.2 Å². The van der Waals surface area contributed by atoms with Crippen molar-refractivity contribution in [2.45, 2.75) is 67.2 Å². The molecule has 0 heterocycles. The number of aliphatic carboxylic acids is 2. The van der Waals surface area contributed by atoms with E-state index in [1.54, 1.807) is 20.8 Å². The van der Waals surface area contributed by atoms with E-state index < -0.39 is 46.0 Å². The van der Waals surface area contributed by atoms with Gasteiger partial charge in [0.1, 0.15) is 6.61 Å². The fourth-order valence-electron chi connectivity index (χ4n) is 4.23. The summed E-state index contributed by atoms with van der Waals surface area (Å²) in [7, 11) is 1.17. The number of hydrogen-bond acceptors (Lipinski definition) is 9. The van der Waals surface area contributed by atoms with Gasteiger partial charge in [0.2, 0.25) is 0 Å². The van der Waals surface area contributed by atoms with Crippen LogP contribution in [0.25, 0.3) is 0 Å². The molecule has 0 spiro atoms. The zero-order valence-electron chi connectivity index (χ0n) is 24.6. The highest BCUT2D eigenvalue weighted by Gasteiger charge is 2.47. The van der Waals surface area contributed by atoms with E-state index in [-0.39, 0.29) is 38.9 Å². The van der Waals surface area contributed by atoms with Crippen LogP contribution in [0.4, 0.5) is 0 Å². The lowest BCUT2D eigenvalue weighted by atomic mass is 9.67. The van der Waals surface area contributed by atoms with E-state index in [9.17, 15) is 29.4 Å². The van der Waals surface area contributed by atoms with Gasteiger partial charge in [-0.1, -0.05) is 19.1 Å². The molecular formula is C28H48O11.